The molecule has 0 bridgehead atoms. The molecule has 2 radical (unpaired) electrons. The van der Waals surface area contributed by atoms with Gasteiger partial charge in [0.25, 0.3) is 0 Å². The van der Waals surface area contributed by atoms with Crippen molar-refractivity contribution in [1.29, 1.82) is 0 Å². The summed E-state index contributed by atoms with van der Waals surface area (Å²) in [4.78, 5) is 15.6. The van der Waals surface area contributed by atoms with Gasteiger partial charge < -0.3 is 10.1 Å². The maximum absolute atomic E-state index is 11.5. The number of ether oxygens (including phenoxy) is 1. The standard InChI is InChI=1S/C11H18N2O2/c1-3-4-5-8-15-11(14)10-6-7-12-9(2)13-10/h10H,3-5,7-8H2,1-2H3,(H,12,13). The fraction of sp³-hybridized carbons (Fsp3) is 0.727. The quantitative estimate of drug-likeness (QED) is 0.548. The molecule has 1 rings (SSSR count). The molecule has 1 aliphatic heterocycles. The van der Waals surface area contributed by atoms with E-state index in [9.17, 15) is 4.79 Å². The molecule has 1 atom stereocenters. The van der Waals surface area contributed by atoms with E-state index in [0.29, 0.717) is 13.2 Å². The fourth-order valence-electron chi connectivity index (χ4n) is 1.30. The van der Waals surface area contributed by atoms with Gasteiger partial charge in [0, 0.05) is 13.0 Å². The van der Waals surface area contributed by atoms with E-state index >= 15 is 0 Å². The van der Waals surface area contributed by atoms with Gasteiger partial charge in [-0.25, -0.2) is 4.79 Å². The summed E-state index contributed by atoms with van der Waals surface area (Å²) in [5, 5.41) is 2.97. The molecular weight excluding hydrogens is 192 g/mol. The van der Waals surface area contributed by atoms with Crippen LogP contribution in [0.2, 0.25) is 0 Å². The molecule has 0 aromatic carbocycles. The first-order valence-corrected chi connectivity index (χ1v) is 5.42. The van der Waals surface area contributed by atoms with Gasteiger partial charge in [0.2, 0.25) is 0 Å². The number of rotatable bonds is 5. The van der Waals surface area contributed by atoms with Crippen molar-refractivity contribution in [3.8, 4) is 0 Å². The van der Waals surface area contributed by atoms with Crippen LogP contribution < -0.4 is 5.32 Å². The Bertz CT molecular complexity index is 239. The third-order valence-corrected chi connectivity index (χ3v) is 2.18. The summed E-state index contributed by atoms with van der Waals surface area (Å²) in [5.41, 5.74) is 0. The lowest BCUT2D eigenvalue weighted by Gasteiger charge is -2.18. The van der Waals surface area contributed by atoms with Crippen LogP contribution in [0.15, 0.2) is 4.99 Å². The Labute approximate surface area is 91.1 Å². The SMILES string of the molecule is CCCCCOC(=O)C1[C]CNC(C)=N1. The third-order valence-electron chi connectivity index (χ3n) is 2.18. The van der Waals surface area contributed by atoms with Crippen molar-refractivity contribution in [2.45, 2.75) is 39.2 Å². The number of hydrogen-bond donors (Lipinski definition) is 1. The molecule has 84 valence electrons. The maximum Gasteiger partial charge on any atom is 0.331 e. The Balaban J connectivity index is 2.24. The van der Waals surface area contributed by atoms with Crippen molar-refractivity contribution in [1.82, 2.24) is 5.32 Å². The summed E-state index contributed by atoms with van der Waals surface area (Å²) in [7, 11) is 0. The summed E-state index contributed by atoms with van der Waals surface area (Å²) >= 11 is 0. The molecule has 0 aromatic rings. The number of aliphatic imine (C=N–C) groups is 1. The van der Waals surface area contributed by atoms with Crippen molar-refractivity contribution >= 4 is 11.8 Å². The van der Waals surface area contributed by atoms with E-state index in [0.717, 1.165) is 25.1 Å². The number of esters is 1. The first-order valence-electron chi connectivity index (χ1n) is 5.42. The van der Waals surface area contributed by atoms with E-state index in [1.54, 1.807) is 0 Å². The Morgan fingerprint density at radius 2 is 2.47 bits per heavy atom. The number of unbranched alkanes of at least 4 members (excludes halogenated alkanes) is 2. The molecule has 0 fully saturated rings. The number of nitrogens with zero attached hydrogens (tertiary/aromatic N) is 1. The van der Waals surface area contributed by atoms with Gasteiger partial charge in [-0.3, -0.25) is 4.99 Å². The van der Waals surface area contributed by atoms with Gasteiger partial charge in [0.1, 0.15) is 0 Å². The van der Waals surface area contributed by atoms with Crippen molar-refractivity contribution in [2.24, 2.45) is 4.99 Å². The predicted molar refractivity (Wildman–Crippen MR) is 58.6 cm³/mol. The van der Waals surface area contributed by atoms with E-state index in [1.807, 2.05) is 6.92 Å². The molecule has 15 heavy (non-hydrogen) atoms. The monoisotopic (exact) mass is 210 g/mol. The van der Waals surface area contributed by atoms with Gasteiger partial charge in [0.05, 0.1) is 12.4 Å². The molecule has 0 saturated heterocycles. The molecule has 4 nitrogen and oxygen atoms in total. The summed E-state index contributed by atoms with van der Waals surface area (Å²) in [6, 6.07) is -0.534. The van der Waals surface area contributed by atoms with Crippen LogP contribution in [0, 0.1) is 6.42 Å². The average Bonchev–Trinajstić information content (AvgIpc) is 2.24. The number of nitrogens with one attached hydrogen (secondary N) is 1. The molecule has 0 aliphatic carbocycles. The normalized spacial score (nSPS) is 20.4. The minimum Gasteiger partial charge on any atom is -0.464 e. The summed E-state index contributed by atoms with van der Waals surface area (Å²) in [6.45, 7) is 5.00. The number of amidine groups is 1. The molecule has 1 aliphatic rings. The van der Waals surface area contributed by atoms with Crippen LogP contribution in [0.3, 0.4) is 0 Å². The van der Waals surface area contributed by atoms with Gasteiger partial charge in [-0.1, -0.05) is 19.8 Å². The molecule has 1 N–H and O–H groups in total. The summed E-state index contributed by atoms with van der Waals surface area (Å²) in [5.74, 6) is 0.483. The van der Waals surface area contributed by atoms with Crippen LogP contribution in [0.25, 0.3) is 0 Å². The lowest BCUT2D eigenvalue weighted by molar-refractivity contribution is -0.144. The average molecular weight is 210 g/mol. The second kappa shape index (κ2) is 6.43. The summed E-state index contributed by atoms with van der Waals surface area (Å²) < 4.78 is 5.10. The summed E-state index contributed by atoms with van der Waals surface area (Å²) in [6.07, 6.45) is 6.06. The predicted octanol–water partition coefficient (Wildman–Crippen LogP) is 1.19. The molecular formula is C11H18N2O2. The highest BCUT2D eigenvalue weighted by Gasteiger charge is 2.22. The topological polar surface area (TPSA) is 50.7 Å². The van der Waals surface area contributed by atoms with E-state index < -0.39 is 6.04 Å². The zero-order valence-corrected chi connectivity index (χ0v) is 9.38. The number of carbonyl (C=O) groups is 1. The van der Waals surface area contributed by atoms with Crippen molar-refractivity contribution in [3.63, 3.8) is 0 Å². The minimum atomic E-state index is -0.534. The minimum absolute atomic E-state index is 0.285. The lowest BCUT2D eigenvalue weighted by atomic mass is 10.2. The largest absolute Gasteiger partial charge is 0.464 e. The van der Waals surface area contributed by atoms with Crippen molar-refractivity contribution in [3.05, 3.63) is 6.42 Å². The van der Waals surface area contributed by atoms with Crippen LogP contribution in [-0.4, -0.2) is 31.0 Å². The molecule has 4 heteroatoms. The molecule has 0 saturated carbocycles. The Hall–Kier alpha value is -1.06. The highest BCUT2D eigenvalue weighted by atomic mass is 16.5. The molecule has 0 aromatic heterocycles. The van der Waals surface area contributed by atoms with Gasteiger partial charge >= 0.3 is 5.97 Å². The Kier molecular flexibility index (Phi) is 5.15. The van der Waals surface area contributed by atoms with Crippen molar-refractivity contribution < 1.29 is 9.53 Å². The molecule has 1 heterocycles. The smallest absolute Gasteiger partial charge is 0.331 e. The molecule has 1 unspecified atom stereocenters. The first kappa shape index (κ1) is 12.0. The van der Waals surface area contributed by atoms with Crippen LogP contribution in [-0.2, 0) is 9.53 Å². The lowest BCUT2D eigenvalue weighted by Crippen LogP contribution is -2.36. The Morgan fingerprint density at radius 1 is 1.67 bits per heavy atom. The molecule has 0 amide bonds. The second-order valence-electron chi connectivity index (χ2n) is 3.55. The zero-order valence-electron chi connectivity index (χ0n) is 9.38. The number of hydrogen-bond acceptors (Lipinski definition) is 4. The van der Waals surface area contributed by atoms with Crippen LogP contribution in [0.5, 0.6) is 0 Å². The van der Waals surface area contributed by atoms with Gasteiger partial charge in [-0.05, 0) is 13.3 Å². The highest BCUT2D eigenvalue weighted by molar-refractivity contribution is 5.87. The van der Waals surface area contributed by atoms with E-state index in [1.165, 1.54) is 0 Å². The first-order chi connectivity index (χ1) is 7.24. The van der Waals surface area contributed by atoms with Gasteiger partial charge in [-0.2, -0.15) is 0 Å². The van der Waals surface area contributed by atoms with E-state index in [-0.39, 0.29) is 5.97 Å². The van der Waals surface area contributed by atoms with Crippen LogP contribution in [0.4, 0.5) is 0 Å². The van der Waals surface area contributed by atoms with Crippen LogP contribution >= 0.6 is 0 Å². The maximum atomic E-state index is 11.5. The van der Waals surface area contributed by atoms with E-state index in [2.05, 4.69) is 23.7 Å². The Morgan fingerprint density at radius 3 is 3.13 bits per heavy atom. The van der Waals surface area contributed by atoms with Gasteiger partial charge in [0.15, 0.2) is 6.04 Å². The molecule has 0 spiro atoms. The zero-order chi connectivity index (χ0) is 11.1. The highest BCUT2D eigenvalue weighted by Crippen LogP contribution is 2.05. The van der Waals surface area contributed by atoms with Gasteiger partial charge in [-0.15, -0.1) is 0 Å². The van der Waals surface area contributed by atoms with Crippen molar-refractivity contribution in [2.75, 3.05) is 13.2 Å². The number of carbonyl (C=O) groups excluding carboxylic acids is 1. The second-order valence-corrected chi connectivity index (χ2v) is 3.55. The van der Waals surface area contributed by atoms with E-state index in [4.69, 9.17) is 4.74 Å². The van der Waals surface area contributed by atoms with Crippen LogP contribution in [0.1, 0.15) is 33.1 Å². The fourth-order valence-corrected chi connectivity index (χ4v) is 1.30. The third kappa shape index (κ3) is 4.32.